The molecule has 0 unspecified atom stereocenters. The predicted octanol–water partition coefficient (Wildman–Crippen LogP) is 3.00. The lowest BCUT2D eigenvalue weighted by atomic mass is 9.73. The molecule has 0 bridgehead atoms. The zero-order chi connectivity index (χ0) is 12.3. The Labute approximate surface area is 108 Å². The van der Waals surface area contributed by atoms with Gasteiger partial charge in [-0.25, -0.2) is 0 Å². The van der Waals surface area contributed by atoms with E-state index in [0.717, 1.165) is 31.1 Å². The first kappa shape index (κ1) is 12.9. The third-order valence-corrected chi connectivity index (χ3v) is 3.73. The van der Waals surface area contributed by atoms with Crippen molar-refractivity contribution in [3.63, 3.8) is 0 Å². The fourth-order valence-electron chi connectivity index (χ4n) is 2.31. The molecule has 2 nitrogen and oxygen atoms in total. The van der Waals surface area contributed by atoms with E-state index in [-0.39, 0.29) is 5.41 Å². The molecule has 0 amide bonds. The quantitative estimate of drug-likeness (QED) is 0.871. The molecular formula is C14H20ClNO. The van der Waals surface area contributed by atoms with Crippen LogP contribution in [0.3, 0.4) is 0 Å². The maximum atomic E-state index is 6.29. The standard InChI is InChI=1S/C14H20ClNO/c1-11(2)17-8-7-14(9-16-10-14)12-5-3-4-6-13(12)15/h3-6,11,16H,7-10H2,1-2H3. The van der Waals surface area contributed by atoms with Gasteiger partial charge < -0.3 is 10.1 Å². The van der Waals surface area contributed by atoms with Crippen molar-refractivity contribution in [1.29, 1.82) is 0 Å². The molecule has 1 aromatic carbocycles. The van der Waals surface area contributed by atoms with Crippen LogP contribution in [0, 0.1) is 0 Å². The summed E-state index contributed by atoms with van der Waals surface area (Å²) in [7, 11) is 0. The van der Waals surface area contributed by atoms with Gasteiger partial charge in [-0.05, 0) is 31.9 Å². The summed E-state index contributed by atoms with van der Waals surface area (Å²) in [5, 5.41) is 4.23. The molecule has 0 saturated carbocycles. The fourth-order valence-corrected chi connectivity index (χ4v) is 2.65. The van der Waals surface area contributed by atoms with Gasteiger partial charge in [-0.1, -0.05) is 29.8 Å². The minimum absolute atomic E-state index is 0.174. The Hall–Kier alpha value is -0.570. The van der Waals surface area contributed by atoms with Crippen molar-refractivity contribution in [2.75, 3.05) is 19.7 Å². The molecule has 94 valence electrons. The minimum atomic E-state index is 0.174. The molecule has 17 heavy (non-hydrogen) atoms. The van der Waals surface area contributed by atoms with Gasteiger partial charge in [0.05, 0.1) is 6.10 Å². The largest absolute Gasteiger partial charge is 0.379 e. The van der Waals surface area contributed by atoms with E-state index in [1.54, 1.807) is 0 Å². The van der Waals surface area contributed by atoms with Crippen LogP contribution >= 0.6 is 11.6 Å². The molecule has 1 N–H and O–H groups in total. The van der Waals surface area contributed by atoms with Crippen LogP contribution in [-0.2, 0) is 10.2 Å². The molecule has 0 aliphatic carbocycles. The molecule has 1 aliphatic heterocycles. The van der Waals surface area contributed by atoms with E-state index in [1.165, 1.54) is 5.56 Å². The summed E-state index contributed by atoms with van der Waals surface area (Å²) >= 11 is 6.29. The van der Waals surface area contributed by atoms with Gasteiger partial charge in [0.2, 0.25) is 0 Å². The molecule has 0 aromatic heterocycles. The van der Waals surface area contributed by atoms with E-state index in [4.69, 9.17) is 16.3 Å². The highest BCUT2D eigenvalue weighted by atomic mass is 35.5. The van der Waals surface area contributed by atoms with Crippen LogP contribution in [0.2, 0.25) is 5.02 Å². The van der Waals surface area contributed by atoms with Crippen LogP contribution in [-0.4, -0.2) is 25.8 Å². The summed E-state index contributed by atoms with van der Waals surface area (Å²) in [6.07, 6.45) is 1.33. The van der Waals surface area contributed by atoms with Crippen LogP contribution in [0.15, 0.2) is 24.3 Å². The van der Waals surface area contributed by atoms with Crippen molar-refractivity contribution < 1.29 is 4.74 Å². The van der Waals surface area contributed by atoms with Gasteiger partial charge in [0.15, 0.2) is 0 Å². The van der Waals surface area contributed by atoms with Crippen molar-refractivity contribution in [2.24, 2.45) is 0 Å². The zero-order valence-corrected chi connectivity index (χ0v) is 11.3. The van der Waals surface area contributed by atoms with Gasteiger partial charge in [0, 0.05) is 30.1 Å². The fraction of sp³-hybridized carbons (Fsp3) is 0.571. The first-order chi connectivity index (χ1) is 8.14. The molecule has 1 aromatic rings. The van der Waals surface area contributed by atoms with Gasteiger partial charge in [-0.3, -0.25) is 0 Å². The van der Waals surface area contributed by atoms with E-state index in [2.05, 4.69) is 31.3 Å². The van der Waals surface area contributed by atoms with E-state index in [0.29, 0.717) is 6.10 Å². The van der Waals surface area contributed by atoms with Crippen molar-refractivity contribution in [2.45, 2.75) is 31.8 Å². The topological polar surface area (TPSA) is 21.3 Å². The summed E-state index contributed by atoms with van der Waals surface area (Å²) in [6, 6.07) is 8.15. The molecule has 3 heteroatoms. The number of hydrogen-bond donors (Lipinski definition) is 1. The highest BCUT2D eigenvalue weighted by Crippen LogP contribution is 2.36. The van der Waals surface area contributed by atoms with E-state index in [1.807, 2.05) is 12.1 Å². The van der Waals surface area contributed by atoms with Gasteiger partial charge in [0.25, 0.3) is 0 Å². The van der Waals surface area contributed by atoms with Gasteiger partial charge >= 0.3 is 0 Å². The number of ether oxygens (including phenoxy) is 1. The second-order valence-electron chi connectivity index (χ2n) is 5.03. The maximum Gasteiger partial charge on any atom is 0.0518 e. The summed E-state index contributed by atoms with van der Waals surface area (Å²) in [5.74, 6) is 0. The lowest BCUT2D eigenvalue weighted by Crippen LogP contribution is -2.57. The van der Waals surface area contributed by atoms with E-state index < -0.39 is 0 Å². The highest BCUT2D eigenvalue weighted by Gasteiger charge is 2.39. The van der Waals surface area contributed by atoms with Crippen LogP contribution in [0.1, 0.15) is 25.8 Å². The number of nitrogens with one attached hydrogen (secondary N) is 1. The van der Waals surface area contributed by atoms with Crippen LogP contribution < -0.4 is 5.32 Å². The van der Waals surface area contributed by atoms with Gasteiger partial charge in [-0.2, -0.15) is 0 Å². The molecule has 1 saturated heterocycles. The van der Waals surface area contributed by atoms with Crippen LogP contribution in [0.4, 0.5) is 0 Å². The average Bonchev–Trinajstić information content (AvgIpc) is 2.23. The molecule has 1 fully saturated rings. The molecule has 0 spiro atoms. The highest BCUT2D eigenvalue weighted by molar-refractivity contribution is 6.31. The van der Waals surface area contributed by atoms with Crippen molar-refractivity contribution in [3.05, 3.63) is 34.9 Å². The summed E-state index contributed by atoms with van der Waals surface area (Å²) < 4.78 is 5.66. The Balaban J connectivity index is 2.07. The molecule has 1 aliphatic rings. The number of benzene rings is 1. The maximum absolute atomic E-state index is 6.29. The Morgan fingerprint density at radius 2 is 2.06 bits per heavy atom. The monoisotopic (exact) mass is 253 g/mol. The number of rotatable bonds is 5. The van der Waals surface area contributed by atoms with Gasteiger partial charge in [-0.15, -0.1) is 0 Å². The first-order valence-electron chi connectivity index (χ1n) is 6.21. The normalized spacial score (nSPS) is 18.1. The second kappa shape index (κ2) is 5.38. The molecule has 0 atom stereocenters. The van der Waals surface area contributed by atoms with Crippen molar-refractivity contribution >= 4 is 11.6 Å². The number of hydrogen-bond acceptors (Lipinski definition) is 2. The third-order valence-electron chi connectivity index (χ3n) is 3.40. The zero-order valence-electron chi connectivity index (χ0n) is 10.5. The Bertz CT molecular complexity index is 374. The van der Waals surface area contributed by atoms with Crippen LogP contribution in [0.5, 0.6) is 0 Å². The second-order valence-corrected chi connectivity index (χ2v) is 5.44. The van der Waals surface area contributed by atoms with Crippen LogP contribution in [0.25, 0.3) is 0 Å². The predicted molar refractivity (Wildman–Crippen MR) is 71.7 cm³/mol. The Morgan fingerprint density at radius 1 is 1.35 bits per heavy atom. The molecule has 1 heterocycles. The van der Waals surface area contributed by atoms with Crippen molar-refractivity contribution in [3.8, 4) is 0 Å². The first-order valence-corrected chi connectivity index (χ1v) is 6.59. The van der Waals surface area contributed by atoms with E-state index in [9.17, 15) is 0 Å². The smallest absolute Gasteiger partial charge is 0.0518 e. The number of halogens is 1. The molecular weight excluding hydrogens is 234 g/mol. The van der Waals surface area contributed by atoms with Crippen molar-refractivity contribution in [1.82, 2.24) is 5.32 Å². The lowest BCUT2D eigenvalue weighted by Gasteiger charge is -2.44. The SMILES string of the molecule is CC(C)OCCC1(c2ccccc2Cl)CNC1. The summed E-state index contributed by atoms with van der Waals surface area (Å²) in [5.41, 5.74) is 1.43. The van der Waals surface area contributed by atoms with E-state index >= 15 is 0 Å². The lowest BCUT2D eigenvalue weighted by molar-refractivity contribution is 0.0557. The summed E-state index contributed by atoms with van der Waals surface area (Å²) in [6.45, 7) is 6.93. The summed E-state index contributed by atoms with van der Waals surface area (Å²) in [4.78, 5) is 0. The molecule has 2 rings (SSSR count). The Morgan fingerprint density at radius 3 is 2.59 bits per heavy atom. The minimum Gasteiger partial charge on any atom is -0.379 e. The molecule has 0 radical (unpaired) electrons. The average molecular weight is 254 g/mol. The third kappa shape index (κ3) is 2.82. The van der Waals surface area contributed by atoms with Gasteiger partial charge in [0.1, 0.15) is 0 Å². The Kier molecular flexibility index (Phi) is 4.08.